The first-order valence-corrected chi connectivity index (χ1v) is 6.59. The number of hydrogen-bond acceptors (Lipinski definition) is 3. The third-order valence-corrected chi connectivity index (χ3v) is 3.85. The number of ether oxygens (including phenoxy) is 1. The minimum absolute atomic E-state index is 0.153. The second-order valence-electron chi connectivity index (χ2n) is 6.29. The highest BCUT2D eigenvalue weighted by Crippen LogP contribution is 2.34. The summed E-state index contributed by atoms with van der Waals surface area (Å²) in [7, 11) is 0. The number of hydrogen-bond donors (Lipinski definition) is 1. The first kappa shape index (κ1) is 12.7. The molecule has 1 N–H and O–H groups in total. The lowest BCUT2D eigenvalue weighted by Gasteiger charge is -2.29. The van der Waals surface area contributed by atoms with Crippen molar-refractivity contribution in [2.45, 2.75) is 45.8 Å². The van der Waals surface area contributed by atoms with Crippen molar-refractivity contribution in [1.29, 1.82) is 0 Å². The van der Waals surface area contributed by atoms with Gasteiger partial charge in [0.15, 0.2) is 0 Å². The van der Waals surface area contributed by atoms with E-state index in [1.807, 2.05) is 25.7 Å². The van der Waals surface area contributed by atoms with Gasteiger partial charge in [0.05, 0.1) is 0 Å². The summed E-state index contributed by atoms with van der Waals surface area (Å²) in [5.74, 6) is 1.25. The Morgan fingerprint density at radius 3 is 2.71 bits per heavy atom. The van der Waals surface area contributed by atoms with Gasteiger partial charge in [0.2, 0.25) is 0 Å². The molecule has 0 radical (unpaired) electrons. The predicted octanol–water partition coefficient (Wildman–Crippen LogP) is 1.85. The Balaban J connectivity index is 2.00. The smallest absolute Gasteiger partial charge is 0.410 e. The Kier molecular flexibility index (Phi) is 3.34. The molecular weight excluding hydrogens is 216 g/mol. The van der Waals surface area contributed by atoms with Crippen LogP contribution in [0.25, 0.3) is 0 Å². The van der Waals surface area contributed by atoms with Crippen LogP contribution in [-0.4, -0.2) is 42.3 Å². The number of carbonyl (C=O) groups is 1. The molecule has 2 heterocycles. The van der Waals surface area contributed by atoms with Crippen molar-refractivity contribution >= 4 is 6.09 Å². The summed E-state index contributed by atoms with van der Waals surface area (Å²) in [6.45, 7) is 10.9. The quantitative estimate of drug-likeness (QED) is 0.702. The maximum atomic E-state index is 12.1. The number of rotatable bonds is 0. The van der Waals surface area contributed by atoms with Crippen molar-refractivity contribution in [3.05, 3.63) is 0 Å². The van der Waals surface area contributed by atoms with Crippen LogP contribution in [0.1, 0.15) is 34.1 Å². The van der Waals surface area contributed by atoms with E-state index in [0.29, 0.717) is 17.9 Å². The van der Waals surface area contributed by atoms with Crippen molar-refractivity contribution in [3.8, 4) is 0 Å². The molecule has 2 saturated heterocycles. The molecule has 4 heteroatoms. The van der Waals surface area contributed by atoms with Gasteiger partial charge in [-0.25, -0.2) is 4.79 Å². The summed E-state index contributed by atoms with van der Waals surface area (Å²) in [6.07, 6.45) is 1.02. The second-order valence-corrected chi connectivity index (χ2v) is 6.29. The Labute approximate surface area is 104 Å². The molecule has 2 aliphatic rings. The molecule has 0 aromatic heterocycles. The number of nitrogens with zero attached hydrogens (tertiary/aromatic N) is 1. The fraction of sp³-hybridized carbons (Fsp3) is 0.923. The van der Waals surface area contributed by atoms with Crippen LogP contribution in [0, 0.1) is 11.8 Å². The van der Waals surface area contributed by atoms with Crippen LogP contribution in [0.3, 0.4) is 0 Å². The zero-order chi connectivity index (χ0) is 12.6. The van der Waals surface area contributed by atoms with E-state index in [2.05, 4.69) is 12.2 Å². The molecule has 0 aromatic carbocycles. The number of carbonyl (C=O) groups excluding carboxylic acids is 1. The molecular formula is C13H24N2O2. The first-order valence-electron chi connectivity index (χ1n) is 6.59. The second kappa shape index (κ2) is 4.48. The predicted molar refractivity (Wildman–Crippen MR) is 66.9 cm³/mol. The molecule has 3 unspecified atom stereocenters. The molecule has 2 fully saturated rings. The SMILES string of the molecule is CC1C2CNCCC2CN1C(=O)OC(C)(C)C. The van der Waals surface area contributed by atoms with E-state index < -0.39 is 5.60 Å². The minimum Gasteiger partial charge on any atom is -0.444 e. The normalized spacial score (nSPS) is 33.4. The van der Waals surface area contributed by atoms with Gasteiger partial charge in [0, 0.05) is 19.1 Å². The Bertz CT molecular complexity index is 298. The summed E-state index contributed by atoms with van der Waals surface area (Å²) in [5, 5.41) is 3.42. The summed E-state index contributed by atoms with van der Waals surface area (Å²) in [6, 6.07) is 0.294. The fourth-order valence-corrected chi connectivity index (χ4v) is 2.94. The van der Waals surface area contributed by atoms with Gasteiger partial charge in [-0.05, 0) is 52.5 Å². The molecule has 2 rings (SSSR count). The van der Waals surface area contributed by atoms with Crippen LogP contribution in [0.15, 0.2) is 0 Å². The van der Waals surface area contributed by atoms with E-state index in [9.17, 15) is 4.79 Å². The summed E-state index contributed by atoms with van der Waals surface area (Å²) in [4.78, 5) is 14.0. The van der Waals surface area contributed by atoms with E-state index in [1.165, 1.54) is 6.42 Å². The van der Waals surface area contributed by atoms with Crippen molar-refractivity contribution in [2.75, 3.05) is 19.6 Å². The molecule has 17 heavy (non-hydrogen) atoms. The Hall–Kier alpha value is -0.770. The number of piperidine rings is 1. The molecule has 3 atom stereocenters. The number of amides is 1. The molecule has 4 nitrogen and oxygen atoms in total. The summed E-state index contributed by atoms with van der Waals surface area (Å²) < 4.78 is 5.46. The third kappa shape index (κ3) is 2.73. The van der Waals surface area contributed by atoms with Crippen molar-refractivity contribution in [1.82, 2.24) is 10.2 Å². The standard InChI is InChI=1S/C13H24N2O2/c1-9-11-7-14-6-5-10(11)8-15(9)12(16)17-13(2,3)4/h9-11,14H,5-8H2,1-4H3. The monoisotopic (exact) mass is 240 g/mol. The number of nitrogens with one attached hydrogen (secondary N) is 1. The van der Waals surface area contributed by atoms with E-state index >= 15 is 0 Å². The van der Waals surface area contributed by atoms with Crippen LogP contribution in [-0.2, 0) is 4.74 Å². The molecule has 0 aromatic rings. The third-order valence-electron chi connectivity index (χ3n) is 3.85. The highest BCUT2D eigenvalue weighted by molar-refractivity contribution is 5.69. The number of likely N-dealkylation sites (tertiary alicyclic amines) is 1. The average Bonchev–Trinajstić information content (AvgIpc) is 2.55. The largest absolute Gasteiger partial charge is 0.444 e. The summed E-state index contributed by atoms with van der Waals surface area (Å²) >= 11 is 0. The van der Waals surface area contributed by atoms with Gasteiger partial charge in [0.25, 0.3) is 0 Å². The lowest BCUT2D eigenvalue weighted by Crippen LogP contribution is -2.42. The maximum absolute atomic E-state index is 12.1. The van der Waals surface area contributed by atoms with E-state index in [1.54, 1.807) is 0 Å². The summed E-state index contributed by atoms with van der Waals surface area (Å²) in [5.41, 5.74) is -0.400. The molecule has 0 bridgehead atoms. The topological polar surface area (TPSA) is 41.6 Å². The Morgan fingerprint density at radius 2 is 2.12 bits per heavy atom. The van der Waals surface area contributed by atoms with Crippen LogP contribution in [0.5, 0.6) is 0 Å². The molecule has 0 saturated carbocycles. The molecule has 2 aliphatic heterocycles. The molecule has 0 aliphatic carbocycles. The van der Waals surface area contributed by atoms with Gasteiger partial charge < -0.3 is 15.0 Å². The average molecular weight is 240 g/mol. The van der Waals surface area contributed by atoms with Gasteiger partial charge in [-0.1, -0.05) is 0 Å². The molecule has 1 amide bonds. The van der Waals surface area contributed by atoms with Crippen LogP contribution in [0.2, 0.25) is 0 Å². The van der Waals surface area contributed by atoms with Gasteiger partial charge in [-0.3, -0.25) is 0 Å². The molecule has 0 spiro atoms. The van der Waals surface area contributed by atoms with E-state index in [-0.39, 0.29) is 6.09 Å². The first-order chi connectivity index (χ1) is 7.88. The van der Waals surface area contributed by atoms with Gasteiger partial charge >= 0.3 is 6.09 Å². The van der Waals surface area contributed by atoms with Crippen LogP contribution in [0.4, 0.5) is 4.79 Å². The minimum atomic E-state index is -0.400. The van der Waals surface area contributed by atoms with Crippen LogP contribution < -0.4 is 5.32 Å². The lowest BCUT2D eigenvalue weighted by molar-refractivity contribution is 0.0222. The highest BCUT2D eigenvalue weighted by Gasteiger charge is 2.43. The van der Waals surface area contributed by atoms with Crippen molar-refractivity contribution in [2.24, 2.45) is 11.8 Å². The maximum Gasteiger partial charge on any atom is 0.410 e. The zero-order valence-electron chi connectivity index (χ0n) is 11.3. The van der Waals surface area contributed by atoms with Crippen LogP contribution >= 0.6 is 0 Å². The van der Waals surface area contributed by atoms with Gasteiger partial charge in [-0.2, -0.15) is 0 Å². The fourth-order valence-electron chi connectivity index (χ4n) is 2.94. The number of fused-ring (bicyclic) bond motifs is 1. The van der Waals surface area contributed by atoms with E-state index in [4.69, 9.17) is 4.74 Å². The van der Waals surface area contributed by atoms with Gasteiger partial charge in [-0.15, -0.1) is 0 Å². The highest BCUT2D eigenvalue weighted by atomic mass is 16.6. The van der Waals surface area contributed by atoms with Gasteiger partial charge in [0.1, 0.15) is 5.60 Å². The Morgan fingerprint density at radius 1 is 1.41 bits per heavy atom. The lowest BCUT2D eigenvalue weighted by atomic mass is 9.86. The molecule has 98 valence electrons. The van der Waals surface area contributed by atoms with Crippen molar-refractivity contribution in [3.63, 3.8) is 0 Å². The zero-order valence-corrected chi connectivity index (χ0v) is 11.3. The van der Waals surface area contributed by atoms with E-state index in [0.717, 1.165) is 19.6 Å². The van der Waals surface area contributed by atoms with Crippen molar-refractivity contribution < 1.29 is 9.53 Å².